The van der Waals surface area contributed by atoms with Gasteiger partial charge in [-0.1, -0.05) is 23.7 Å². The summed E-state index contributed by atoms with van der Waals surface area (Å²) in [5.74, 6) is -0.354. The van der Waals surface area contributed by atoms with Crippen LogP contribution in [0, 0.1) is 0 Å². The molecule has 0 amide bonds. The van der Waals surface area contributed by atoms with E-state index in [-0.39, 0.29) is 5.97 Å². The molecule has 2 nitrogen and oxygen atoms in total. The molecule has 3 heteroatoms. The largest absolute Gasteiger partial charge is 0.457 e. The van der Waals surface area contributed by atoms with Gasteiger partial charge in [0.05, 0.1) is 0 Å². The van der Waals surface area contributed by atoms with Gasteiger partial charge in [0.1, 0.15) is 5.60 Å². The van der Waals surface area contributed by atoms with E-state index in [0.29, 0.717) is 5.02 Å². The normalized spacial score (nSPS) is 11.8. The van der Waals surface area contributed by atoms with Crippen molar-refractivity contribution in [2.45, 2.75) is 26.4 Å². The maximum atomic E-state index is 11.4. The molecule has 0 aliphatic rings. The van der Waals surface area contributed by atoms with Crippen LogP contribution in [-0.4, -0.2) is 11.6 Å². The van der Waals surface area contributed by atoms with E-state index in [4.69, 9.17) is 16.3 Å². The van der Waals surface area contributed by atoms with Gasteiger partial charge >= 0.3 is 5.97 Å². The topological polar surface area (TPSA) is 26.3 Å². The van der Waals surface area contributed by atoms with Crippen LogP contribution in [0.2, 0.25) is 5.02 Å². The molecule has 0 aliphatic heterocycles. The second kappa shape index (κ2) is 5.17. The summed E-state index contributed by atoms with van der Waals surface area (Å²) in [4.78, 5) is 11.4. The predicted molar refractivity (Wildman–Crippen MR) is 66.3 cm³/mol. The number of hydrogen-bond acceptors (Lipinski definition) is 2. The standard InChI is InChI=1S/C13H15ClO2/c1-13(2,3)16-12(15)8-7-10-5-4-6-11(14)9-10/h4-9H,1-3H3. The van der Waals surface area contributed by atoms with Crippen LogP contribution in [0.5, 0.6) is 0 Å². The summed E-state index contributed by atoms with van der Waals surface area (Å²) < 4.78 is 5.13. The molecule has 86 valence electrons. The minimum absolute atomic E-state index is 0.354. The molecule has 0 bridgehead atoms. The Morgan fingerprint density at radius 3 is 2.62 bits per heavy atom. The maximum Gasteiger partial charge on any atom is 0.331 e. The van der Waals surface area contributed by atoms with Crippen molar-refractivity contribution >= 4 is 23.6 Å². The lowest BCUT2D eigenvalue weighted by Gasteiger charge is -2.17. The van der Waals surface area contributed by atoms with E-state index in [0.717, 1.165) is 5.56 Å². The van der Waals surface area contributed by atoms with Gasteiger partial charge in [0.2, 0.25) is 0 Å². The first kappa shape index (κ1) is 12.8. The Morgan fingerprint density at radius 2 is 2.06 bits per heavy atom. The van der Waals surface area contributed by atoms with E-state index in [2.05, 4.69) is 0 Å². The number of rotatable bonds is 2. The summed E-state index contributed by atoms with van der Waals surface area (Å²) in [6, 6.07) is 7.26. The molecule has 0 fully saturated rings. The van der Waals surface area contributed by atoms with Gasteiger partial charge in [0, 0.05) is 11.1 Å². The van der Waals surface area contributed by atoms with E-state index in [9.17, 15) is 4.79 Å². The van der Waals surface area contributed by atoms with Gasteiger partial charge in [-0.15, -0.1) is 0 Å². The first-order chi connectivity index (χ1) is 7.37. The lowest BCUT2D eigenvalue weighted by Crippen LogP contribution is -2.22. The maximum absolute atomic E-state index is 11.4. The zero-order valence-corrected chi connectivity index (χ0v) is 10.4. The quantitative estimate of drug-likeness (QED) is 0.580. The average molecular weight is 239 g/mol. The van der Waals surface area contributed by atoms with Crippen LogP contribution in [-0.2, 0) is 9.53 Å². The minimum atomic E-state index is -0.463. The molecule has 0 saturated heterocycles. The van der Waals surface area contributed by atoms with E-state index >= 15 is 0 Å². The Morgan fingerprint density at radius 1 is 1.38 bits per heavy atom. The summed E-state index contributed by atoms with van der Waals surface area (Å²) in [6.07, 6.45) is 3.08. The molecule has 0 atom stereocenters. The molecule has 0 spiro atoms. The first-order valence-electron chi connectivity index (χ1n) is 5.03. The number of ether oxygens (including phenoxy) is 1. The van der Waals surface area contributed by atoms with Crippen LogP contribution < -0.4 is 0 Å². The molecule has 0 N–H and O–H groups in total. The summed E-state index contributed by atoms with van der Waals surface area (Å²) >= 11 is 5.82. The second-order valence-corrected chi connectivity index (χ2v) is 4.86. The Bertz CT molecular complexity index is 403. The molecule has 1 aromatic rings. The van der Waals surface area contributed by atoms with Crippen LogP contribution in [0.15, 0.2) is 30.3 Å². The Hall–Kier alpha value is -1.28. The van der Waals surface area contributed by atoms with Crippen molar-refractivity contribution in [1.29, 1.82) is 0 Å². The van der Waals surface area contributed by atoms with Crippen molar-refractivity contribution in [2.75, 3.05) is 0 Å². The summed E-state index contributed by atoms with van der Waals surface area (Å²) in [6.45, 7) is 5.49. The molecule has 0 heterocycles. The summed E-state index contributed by atoms with van der Waals surface area (Å²) in [5, 5.41) is 0.645. The van der Waals surface area contributed by atoms with E-state index < -0.39 is 5.60 Å². The fourth-order valence-electron chi connectivity index (χ4n) is 1.11. The zero-order chi connectivity index (χ0) is 12.2. The van der Waals surface area contributed by atoms with Crippen molar-refractivity contribution in [2.24, 2.45) is 0 Å². The van der Waals surface area contributed by atoms with Gasteiger partial charge in [-0.05, 0) is 44.5 Å². The highest BCUT2D eigenvalue weighted by molar-refractivity contribution is 6.30. The average Bonchev–Trinajstić information content (AvgIpc) is 2.12. The molecule has 0 saturated carbocycles. The number of esters is 1. The number of hydrogen-bond donors (Lipinski definition) is 0. The van der Waals surface area contributed by atoms with Crippen LogP contribution in [0.1, 0.15) is 26.3 Å². The highest BCUT2D eigenvalue weighted by Gasteiger charge is 2.13. The van der Waals surface area contributed by atoms with E-state index in [1.165, 1.54) is 6.08 Å². The van der Waals surface area contributed by atoms with Gasteiger partial charge in [0.25, 0.3) is 0 Å². The highest BCUT2D eigenvalue weighted by Crippen LogP contribution is 2.12. The number of halogens is 1. The van der Waals surface area contributed by atoms with Crippen LogP contribution in [0.4, 0.5) is 0 Å². The molecule has 0 aromatic heterocycles. The predicted octanol–water partition coefficient (Wildman–Crippen LogP) is 3.69. The van der Waals surface area contributed by atoms with Crippen molar-refractivity contribution < 1.29 is 9.53 Å². The van der Waals surface area contributed by atoms with Crippen molar-refractivity contribution in [3.63, 3.8) is 0 Å². The van der Waals surface area contributed by atoms with Crippen LogP contribution in [0.25, 0.3) is 6.08 Å². The van der Waals surface area contributed by atoms with Crippen molar-refractivity contribution in [3.05, 3.63) is 40.9 Å². The Balaban J connectivity index is 2.64. The van der Waals surface area contributed by atoms with E-state index in [1.54, 1.807) is 18.2 Å². The van der Waals surface area contributed by atoms with Gasteiger partial charge in [-0.2, -0.15) is 0 Å². The second-order valence-electron chi connectivity index (χ2n) is 4.42. The molecule has 16 heavy (non-hydrogen) atoms. The molecule has 0 unspecified atom stereocenters. The third-order valence-corrected chi connectivity index (χ3v) is 1.90. The fourth-order valence-corrected chi connectivity index (χ4v) is 1.31. The molecule has 1 rings (SSSR count). The van der Waals surface area contributed by atoms with Crippen LogP contribution >= 0.6 is 11.6 Å². The Kier molecular flexibility index (Phi) is 4.13. The van der Waals surface area contributed by atoms with Crippen molar-refractivity contribution in [1.82, 2.24) is 0 Å². The third-order valence-electron chi connectivity index (χ3n) is 1.67. The van der Waals surface area contributed by atoms with Crippen LogP contribution in [0.3, 0.4) is 0 Å². The van der Waals surface area contributed by atoms with E-state index in [1.807, 2.05) is 32.9 Å². The lowest BCUT2D eigenvalue weighted by molar-refractivity contribution is -0.148. The molecular weight excluding hydrogens is 224 g/mol. The monoisotopic (exact) mass is 238 g/mol. The van der Waals surface area contributed by atoms with Gasteiger partial charge in [-0.25, -0.2) is 4.79 Å². The summed E-state index contributed by atoms with van der Waals surface area (Å²) in [7, 11) is 0. The molecule has 0 radical (unpaired) electrons. The minimum Gasteiger partial charge on any atom is -0.457 e. The van der Waals surface area contributed by atoms with Gasteiger partial charge in [-0.3, -0.25) is 0 Å². The first-order valence-corrected chi connectivity index (χ1v) is 5.41. The number of carbonyl (C=O) groups is 1. The molecule has 0 aliphatic carbocycles. The fraction of sp³-hybridized carbons (Fsp3) is 0.308. The van der Waals surface area contributed by atoms with Crippen molar-refractivity contribution in [3.8, 4) is 0 Å². The summed E-state index contributed by atoms with van der Waals surface area (Å²) in [5.41, 5.74) is 0.411. The third kappa shape index (κ3) is 4.99. The van der Waals surface area contributed by atoms with Gasteiger partial charge in [0.15, 0.2) is 0 Å². The Labute approximate surface area is 101 Å². The smallest absolute Gasteiger partial charge is 0.331 e. The zero-order valence-electron chi connectivity index (χ0n) is 9.66. The van der Waals surface area contributed by atoms with Gasteiger partial charge < -0.3 is 4.74 Å². The number of benzene rings is 1. The number of carbonyl (C=O) groups excluding carboxylic acids is 1. The highest BCUT2D eigenvalue weighted by atomic mass is 35.5. The lowest BCUT2D eigenvalue weighted by atomic mass is 10.2. The molecule has 1 aromatic carbocycles. The molecular formula is C13H15ClO2. The SMILES string of the molecule is CC(C)(C)OC(=O)C=Cc1cccc(Cl)c1.